The van der Waals surface area contributed by atoms with E-state index in [1.807, 2.05) is 6.26 Å². The Kier molecular flexibility index (Phi) is 2.96. The molecule has 0 saturated heterocycles. The van der Waals surface area contributed by atoms with Crippen LogP contribution in [0.5, 0.6) is 0 Å². The van der Waals surface area contributed by atoms with Crippen molar-refractivity contribution in [3.05, 3.63) is 72.0 Å². The molecule has 0 unspecified atom stereocenters. The Bertz CT molecular complexity index is 612. The van der Waals surface area contributed by atoms with E-state index < -0.39 is 0 Å². The molecule has 0 atom stereocenters. The van der Waals surface area contributed by atoms with Crippen LogP contribution in [0.15, 0.2) is 65.3 Å². The smallest absolute Gasteiger partial charge is 0.134 e. The zero-order valence-electron chi connectivity index (χ0n) is 11.2. The summed E-state index contributed by atoms with van der Waals surface area (Å²) in [5.74, 6) is 0.913. The molecule has 0 spiro atoms. The molecular weight excluding hydrogens is 232 g/mol. The molecule has 0 saturated carbocycles. The van der Waals surface area contributed by atoms with Crippen molar-refractivity contribution in [1.29, 1.82) is 0 Å². The van der Waals surface area contributed by atoms with Crippen LogP contribution < -0.4 is 0 Å². The van der Waals surface area contributed by atoms with E-state index in [-0.39, 0.29) is 0 Å². The fourth-order valence-electron chi connectivity index (χ4n) is 2.10. The molecule has 1 heterocycles. The van der Waals surface area contributed by atoms with Crippen LogP contribution in [0.3, 0.4) is 0 Å². The molecule has 0 aliphatic rings. The minimum absolute atomic E-state index is 0.913. The lowest BCUT2D eigenvalue weighted by molar-refractivity contribution is 0.583. The fourth-order valence-corrected chi connectivity index (χ4v) is 2.10. The van der Waals surface area contributed by atoms with Crippen LogP contribution in [0, 0.1) is 13.8 Å². The summed E-state index contributed by atoms with van der Waals surface area (Å²) in [5.41, 5.74) is 5.95. The van der Waals surface area contributed by atoms with Crippen LogP contribution in [0.1, 0.15) is 11.1 Å². The average Bonchev–Trinajstić information content (AvgIpc) is 2.90. The van der Waals surface area contributed by atoms with Crippen molar-refractivity contribution in [2.75, 3.05) is 0 Å². The minimum Gasteiger partial charge on any atom is -0.464 e. The van der Waals surface area contributed by atoms with Gasteiger partial charge in [0.2, 0.25) is 0 Å². The highest BCUT2D eigenvalue weighted by Gasteiger charge is 2.06. The Hall–Kier alpha value is -2.28. The highest BCUT2D eigenvalue weighted by molar-refractivity contribution is 5.69. The first-order valence-electron chi connectivity index (χ1n) is 6.45. The summed E-state index contributed by atoms with van der Waals surface area (Å²) >= 11 is 0. The van der Waals surface area contributed by atoms with Gasteiger partial charge >= 0.3 is 0 Å². The van der Waals surface area contributed by atoms with Gasteiger partial charge in [-0.15, -0.1) is 0 Å². The molecule has 1 nitrogen and oxygen atoms in total. The van der Waals surface area contributed by atoms with Crippen molar-refractivity contribution in [3.8, 4) is 22.5 Å². The summed E-state index contributed by atoms with van der Waals surface area (Å²) < 4.78 is 5.68. The lowest BCUT2D eigenvalue weighted by Gasteiger charge is -1.97. The third-order valence-corrected chi connectivity index (χ3v) is 3.32. The Balaban J connectivity index is 1.95. The van der Waals surface area contributed by atoms with Crippen LogP contribution in [0.25, 0.3) is 22.5 Å². The maximum Gasteiger partial charge on any atom is 0.134 e. The largest absolute Gasteiger partial charge is 0.464 e. The highest BCUT2D eigenvalue weighted by atomic mass is 16.3. The Morgan fingerprint density at radius 2 is 1.16 bits per heavy atom. The normalized spacial score (nSPS) is 10.6. The van der Waals surface area contributed by atoms with Gasteiger partial charge in [-0.3, -0.25) is 0 Å². The molecular formula is C18H16O. The van der Waals surface area contributed by atoms with E-state index in [0.29, 0.717) is 0 Å². The molecule has 0 radical (unpaired) electrons. The average molecular weight is 248 g/mol. The zero-order valence-corrected chi connectivity index (χ0v) is 11.2. The molecule has 0 bridgehead atoms. The van der Waals surface area contributed by atoms with E-state index >= 15 is 0 Å². The van der Waals surface area contributed by atoms with E-state index in [4.69, 9.17) is 4.42 Å². The van der Waals surface area contributed by atoms with Crippen LogP contribution >= 0.6 is 0 Å². The van der Waals surface area contributed by atoms with Gasteiger partial charge < -0.3 is 4.42 Å². The van der Waals surface area contributed by atoms with Gasteiger partial charge in [0.1, 0.15) is 5.76 Å². The van der Waals surface area contributed by atoms with Gasteiger partial charge in [-0.1, -0.05) is 59.7 Å². The molecule has 0 aliphatic heterocycles. The van der Waals surface area contributed by atoms with E-state index in [9.17, 15) is 0 Å². The van der Waals surface area contributed by atoms with Crippen molar-refractivity contribution in [1.82, 2.24) is 0 Å². The van der Waals surface area contributed by atoms with Crippen molar-refractivity contribution in [3.63, 3.8) is 0 Å². The van der Waals surface area contributed by atoms with Crippen LogP contribution in [0.2, 0.25) is 0 Å². The molecule has 2 aromatic carbocycles. The fraction of sp³-hybridized carbons (Fsp3) is 0.111. The molecule has 0 N–H and O–H groups in total. The second-order valence-electron chi connectivity index (χ2n) is 4.93. The monoisotopic (exact) mass is 248 g/mol. The van der Waals surface area contributed by atoms with Gasteiger partial charge in [0, 0.05) is 11.1 Å². The number of hydrogen-bond donors (Lipinski definition) is 0. The predicted octanol–water partition coefficient (Wildman–Crippen LogP) is 5.23. The molecule has 0 aliphatic carbocycles. The molecule has 3 aromatic rings. The predicted molar refractivity (Wildman–Crippen MR) is 79.1 cm³/mol. The lowest BCUT2D eigenvalue weighted by atomic mass is 10.1. The standard InChI is InChI=1S/C18H16O/c1-13-3-7-15(8-4-13)17-11-18(19-12-17)16-9-5-14(2)6-10-16/h3-12H,1-2H3. The maximum atomic E-state index is 5.68. The third kappa shape index (κ3) is 2.45. The van der Waals surface area contributed by atoms with Gasteiger partial charge in [-0.25, -0.2) is 0 Å². The summed E-state index contributed by atoms with van der Waals surface area (Å²) in [4.78, 5) is 0. The van der Waals surface area contributed by atoms with Gasteiger partial charge in [0.15, 0.2) is 0 Å². The number of rotatable bonds is 2. The van der Waals surface area contributed by atoms with Crippen LogP contribution in [-0.4, -0.2) is 0 Å². The van der Waals surface area contributed by atoms with E-state index in [1.165, 1.54) is 16.7 Å². The zero-order chi connectivity index (χ0) is 13.2. The molecule has 1 aromatic heterocycles. The number of aryl methyl sites for hydroxylation is 2. The maximum absolute atomic E-state index is 5.68. The number of benzene rings is 2. The molecule has 19 heavy (non-hydrogen) atoms. The summed E-state index contributed by atoms with van der Waals surface area (Å²) in [6, 6.07) is 19.0. The van der Waals surface area contributed by atoms with Gasteiger partial charge in [-0.05, 0) is 25.5 Å². The minimum atomic E-state index is 0.913. The first-order valence-corrected chi connectivity index (χ1v) is 6.45. The second-order valence-corrected chi connectivity index (χ2v) is 4.93. The number of furan rings is 1. The third-order valence-electron chi connectivity index (χ3n) is 3.32. The number of hydrogen-bond acceptors (Lipinski definition) is 1. The van der Waals surface area contributed by atoms with Crippen molar-refractivity contribution in [2.24, 2.45) is 0 Å². The van der Waals surface area contributed by atoms with Crippen LogP contribution in [-0.2, 0) is 0 Å². The van der Waals surface area contributed by atoms with Gasteiger partial charge in [0.05, 0.1) is 6.26 Å². The van der Waals surface area contributed by atoms with E-state index in [0.717, 1.165) is 16.9 Å². The Morgan fingerprint density at radius 3 is 1.74 bits per heavy atom. The Morgan fingerprint density at radius 1 is 0.632 bits per heavy atom. The summed E-state index contributed by atoms with van der Waals surface area (Å²) in [5, 5.41) is 0. The van der Waals surface area contributed by atoms with Crippen molar-refractivity contribution < 1.29 is 4.42 Å². The summed E-state index contributed by atoms with van der Waals surface area (Å²) in [7, 11) is 0. The Labute approximate surface area is 113 Å². The molecule has 0 amide bonds. The van der Waals surface area contributed by atoms with E-state index in [1.54, 1.807) is 0 Å². The lowest BCUT2D eigenvalue weighted by Crippen LogP contribution is -1.76. The highest BCUT2D eigenvalue weighted by Crippen LogP contribution is 2.28. The van der Waals surface area contributed by atoms with E-state index in [2.05, 4.69) is 68.4 Å². The molecule has 3 rings (SSSR count). The summed E-state index contributed by atoms with van der Waals surface area (Å²) in [6.07, 6.45) is 1.82. The van der Waals surface area contributed by atoms with Gasteiger partial charge in [0.25, 0.3) is 0 Å². The molecule has 1 heteroatoms. The first-order chi connectivity index (χ1) is 9.22. The first kappa shape index (κ1) is 11.8. The molecule has 94 valence electrons. The molecule has 0 fully saturated rings. The second kappa shape index (κ2) is 4.77. The van der Waals surface area contributed by atoms with Crippen molar-refractivity contribution in [2.45, 2.75) is 13.8 Å². The summed E-state index contributed by atoms with van der Waals surface area (Å²) in [6.45, 7) is 4.18. The van der Waals surface area contributed by atoms with Crippen molar-refractivity contribution >= 4 is 0 Å². The van der Waals surface area contributed by atoms with Crippen LogP contribution in [0.4, 0.5) is 0 Å². The van der Waals surface area contributed by atoms with Gasteiger partial charge in [-0.2, -0.15) is 0 Å². The quantitative estimate of drug-likeness (QED) is 0.605. The topological polar surface area (TPSA) is 13.1 Å². The SMILES string of the molecule is Cc1ccc(-c2coc(-c3ccc(C)cc3)c2)cc1.